The first-order chi connectivity index (χ1) is 8.52. The van der Waals surface area contributed by atoms with Crippen LogP contribution in [0.2, 0.25) is 0 Å². The second-order valence-corrected chi connectivity index (χ2v) is 3.60. The monoisotopic (exact) mass is 254 g/mol. The van der Waals surface area contributed by atoms with Crippen molar-refractivity contribution in [1.29, 1.82) is 0 Å². The number of rotatable bonds is 2. The van der Waals surface area contributed by atoms with E-state index in [0.717, 1.165) is 12.1 Å². The molecule has 0 bridgehead atoms. The van der Waals surface area contributed by atoms with E-state index in [1.165, 1.54) is 6.07 Å². The predicted octanol–water partition coefficient (Wildman–Crippen LogP) is 3.72. The second-order valence-electron chi connectivity index (χ2n) is 3.60. The number of halogens is 4. The first-order valence-electron chi connectivity index (χ1n) is 4.92. The average molecular weight is 254 g/mol. The second kappa shape index (κ2) is 4.60. The topological polar surface area (TPSA) is 17.1 Å². The summed E-state index contributed by atoms with van der Waals surface area (Å²) in [6.45, 7) is 0. The van der Waals surface area contributed by atoms with Crippen LogP contribution in [-0.4, -0.2) is 6.29 Å². The van der Waals surface area contributed by atoms with E-state index in [2.05, 4.69) is 0 Å². The summed E-state index contributed by atoms with van der Waals surface area (Å²) in [6.07, 6.45) is 0.445. The van der Waals surface area contributed by atoms with Gasteiger partial charge in [0.05, 0.1) is 0 Å². The molecule has 5 heteroatoms. The van der Waals surface area contributed by atoms with Crippen LogP contribution in [0.25, 0.3) is 11.1 Å². The Morgan fingerprint density at radius 3 is 2.00 bits per heavy atom. The van der Waals surface area contributed by atoms with Crippen molar-refractivity contribution in [3.8, 4) is 11.1 Å². The number of carbonyl (C=O) groups excluding carboxylic acids is 1. The van der Waals surface area contributed by atoms with Crippen LogP contribution in [0.15, 0.2) is 30.3 Å². The molecule has 0 radical (unpaired) electrons. The van der Waals surface area contributed by atoms with Gasteiger partial charge in [-0.1, -0.05) is 0 Å². The summed E-state index contributed by atoms with van der Waals surface area (Å²) in [4.78, 5) is 10.6. The molecule has 0 saturated heterocycles. The normalized spacial score (nSPS) is 10.4. The number of carbonyl (C=O) groups is 1. The molecule has 0 aliphatic heterocycles. The first-order valence-corrected chi connectivity index (χ1v) is 4.92. The van der Waals surface area contributed by atoms with Gasteiger partial charge in [-0.25, -0.2) is 17.6 Å². The van der Waals surface area contributed by atoms with Gasteiger partial charge in [0.1, 0.15) is 17.9 Å². The molecule has 0 spiro atoms. The lowest BCUT2D eigenvalue weighted by Gasteiger charge is -2.06. The molecule has 0 N–H and O–H groups in total. The Bertz CT molecular complexity index is 623. The van der Waals surface area contributed by atoms with Crippen LogP contribution in [0.3, 0.4) is 0 Å². The van der Waals surface area contributed by atoms with Crippen LogP contribution in [0.4, 0.5) is 17.6 Å². The zero-order valence-corrected chi connectivity index (χ0v) is 8.88. The first kappa shape index (κ1) is 12.3. The summed E-state index contributed by atoms with van der Waals surface area (Å²) in [6, 6.07) is 4.11. The van der Waals surface area contributed by atoms with Gasteiger partial charge in [-0.05, 0) is 24.3 Å². The van der Waals surface area contributed by atoms with Crippen molar-refractivity contribution in [3.05, 3.63) is 59.2 Å². The molecule has 2 aromatic rings. The highest BCUT2D eigenvalue weighted by Crippen LogP contribution is 2.28. The SMILES string of the molecule is O=Cc1ccc(F)c(-c2cc(F)c(F)cc2F)c1. The van der Waals surface area contributed by atoms with Crippen molar-refractivity contribution in [1.82, 2.24) is 0 Å². The lowest BCUT2D eigenvalue weighted by Crippen LogP contribution is -1.94. The maximum Gasteiger partial charge on any atom is 0.161 e. The maximum atomic E-state index is 13.5. The molecule has 18 heavy (non-hydrogen) atoms. The largest absolute Gasteiger partial charge is 0.298 e. The van der Waals surface area contributed by atoms with Gasteiger partial charge in [0.2, 0.25) is 0 Å². The fourth-order valence-corrected chi connectivity index (χ4v) is 1.55. The third kappa shape index (κ3) is 2.11. The van der Waals surface area contributed by atoms with Crippen molar-refractivity contribution >= 4 is 6.29 Å². The summed E-state index contributed by atoms with van der Waals surface area (Å²) < 4.78 is 52.8. The van der Waals surface area contributed by atoms with E-state index < -0.39 is 28.8 Å². The molecule has 0 amide bonds. The van der Waals surface area contributed by atoms with E-state index >= 15 is 0 Å². The minimum Gasteiger partial charge on any atom is -0.298 e. The summed E-state index contributed by atoms with van der Waals surface area (Å²) in [5.74, 6) is -4.58. The molecule has 0 fully saturated rings. The number of benzene rings is 2. The molecule has 2 aromatic carbocycles. The van der Waals surface area contributed by atoms with E-state index in [1.54, 1.807) is 0 Å². The Hall–Kier alpha value is -2.17. The lowest BCUT2D eigenvalue weighted by atomic mass is 10.0. The lowest BCUT2D eigenvalue weighted by molar-refractivity contribution is 0.112. The molecule has 0 aliphatic carbocycles. The van der Waals surface area contributed by atoms with Gasteiger partial charge in [-0.15, -0.1) is 0 Å². The Morgan fingerprint density at radius 2 is 1.33 bits per heavy atom. The Labute approximate surface area is 99.7 Å². The third-order valence-corrected chi connectivity index (χ3v) is 2.43. The van der Waals surface area contributed by atoms with E-state index in [0.29, 0.717) is 18.4 Å². The standard InChI is InChI=1S/C13H6F4O/c14-10-2-1-7(6-18)3-8(10)9-4-12(16)13(17)5-11(9)15/h1-6H. The summed E-state index contributed by atoms with van der Waals surface area (Å²) in [5, 5.41) is 0. The highest BCUT2D eigenvalue weighted by atomic mass is 19.2. The van der Waals surface area contributed by atoms with Crippen molar-refractivity contribution in [2.45, 2.75) is 0 Å². The minimum atomic E-state index is -1.36. The fourth-order valence-electron chi connectivity index (χ4n) is 1.55. The Kier molecular flexibility index (Phi) is 3.14. The average Bonchev–Trinajstić information content (AvgIpc) is 2.35. The van der Waals surface area contributed by atoms with Gasteiger partial charge in [-0.2, -0.15) is 0 Å². The van der Waals surface area contributed by atoms with Gasteiger partial charge < -0.3 is 0 Å². The molecule has 0 aromatic heterocycles. The van der Waals surface area contributed by atoms with Gasteiger partial charge in [0.15, 0.2) is 11.6 Å². The molecule has 0 heterocycles. The number of hydrogen-bond donors (Lipinski definition) is 0. The highest BCUT2D eigenvalue weighted by molar-refractivity contribution is 5.79. The van der Waals surface area contributed by atoms with Crippen molar-refractivity contribution in [2.24, 2.45) is 0 Å². The molecular formula is C13H6F4O. The van der Waals surface area contributed by atoms with Gasteiger partial charge >= 0.3 is 0 Å². The van der Waals surface area contributed by atoms with Crippen molar-refractivity contribution < 1.29 is 22.4 Å². The Balaban J connectivity index is 2.68. The molecule has 2 rings (SSSR count). The van der Waals surface area contributed by atoms with Crippen LogP contribution >= 0.6 is 0 Å². The van der Waals surface area contributed by atoms with E-state index in [-0.39, 0.29) is 11.1 Å². The third-order valence-electron chi connectivity index (χ3n) is 2.43. The molecular weight excluding hydrogens is 248 g/mol. The quantitative estimate of drug-likeness (QED) is 0.453. The number of aldehydes is 1. The smallest absolute Gasteiger partial charge is 0.161 e. The molecule has 0 saturated carbocycles. The van der Waals surface area contributed by atoms with Crippen molar-refractivity contribution in [2.75, 3.05) is 0 Å². The fraction of sp³-hybridized carbons (Fsp3) is 0. The summed E-state index contributed by atoms with van der Waals surface area (Å²) in [7, 11) is 0. The van der Waals surface area contributed by atoms with Gasteiger partial charge in [0, 0.05) is 22.8 Å². The molecule has 92 valence electrons. The molecule has 0 unspecified atom stereocenters. The summed E-state index contributed by atoms with van der Waals surface area (Å²) >= 11 is 0. The van der Waals surface area contributed by atoms with Crippen LogP contribution in [-0.2, 0) is 0 Å². The van der Waals surface area contributed by atoms with E-state index in [9.17, 15) is 22.4 Å². The number of hydrogen-bond acceptors (Lipinski definition) is 1. The highest BCUT2D eigenvalue weighted by Gasteiger charge is 2.15. The zero-order chi connectivity index (χ0) is 13.3. The zero-order valence-electron chi connectivity index (χ0n) is 8.88. The van der Waals surface area contributed by atoms with Crippen LogP contribution in [0.5, 0.6) is 0 Å². The van der Waals surface area contributed by atoms with Crippen molar-refractivity contribution in [3.63, 3.8) is 0 Å². The molecule has 1 nitrogen and oxygen atoms in total. The summed E-state index contributed by atoms with van der Waals surface area (Å²) in [5.41, 5.74) is -0.623. The van der Waals surface area contributed by atoms with Gasteiger partial charge in [0.25, 0.3) is 0 Å². The van der Waals surface area contributed by atoms with Crippen LogP contribution in [0.1, 0.15) is 10.4 Å². The maximum absolute atomic E-state index is 13.5. The van der Waals surface area contributed by atoms with Gasteiger partial charge in [-0.3, -0.25) is 4.79 Å². The van der Waals surface area contributed by atoms with Crippen LogP contribution in [0, 0.1) is 23.3 Å². The predicted molar refractivity (Wildman–Crippen MR) is 57.1 cm³/mol. The van der Waals surface area contributed by atoms with E-state index in [1.807, 2.05) is 0 Å². The molecule has 0 aliphatic rings. The Morgan fingerprint density at radius 1 is 0.722 bits per heavy atom. The minimum absolute atomic E-state index is 0.107. The molecule has 0 atom stereocenters. The van der Waals surface area contributed by atoms with E-state index in [4.69, 9.17) is 0 Å². The van der Waals surface area contributed by atoms with Crippen LogP contribution < -0.4 is 0 Å².